The Balaban J connectivity index is 2.75. The van der Waals surface area contributed by atoms with E-state index in [1.54, 1.807) is 6.92 Å². The van der Waals surface area contributed by atoms with Crippen molar-refractivity contribution in [2.75, 3.05) is 6.61 Å². The summed E-state index contributed by atoms with van der Waals surface area (Å²) < 4.78 is 5.44. The smallest absolute Gasteiger partial charge is 0.122 e. The molecule has 0 aromatic heterocycles. The lowest BCUT2D eigenvalue weighted by atomic mass is 10.1. The molecule has 0 aliphatic rings. The van der Waals surface area contributed by atoms with Crippen LogP contribution in [0.25, 0.3) is 0 Å². The Morgan fingerprint density at radius 3 is 2.53 bits per heavy atom. The zero-order valence-electron chi connectivity index (χ0n) is 9.53. The summed E-state index contributed by atoms with van der Waals surface area (Å²) in [6, 6.07) is 5.91. The third-order valence-electron chi connectivity index (χ3n) is 2.20. The number of aliphatic hydroxyl groups is 1. The molecule has 0 saturated heterocycles. The first kappa shape index (κ1) is 12.0. The molecule has 0 amide bonds. The van der Waals surface area contributed by atoms with Crippen molar-refractivity contribution in [3.63, 3.8) is 0 Å². The van der Waals surface area contributed by atoms with Crippen molar-refractivity contribution < 1.29 is 9.84 Å². The van der Waals surface area contributed by atoms with Gasteiger partial charge >= 0.3 is 0 Å². The van der Waals surface area contributed by atoms with Gasteiger partial charge in [0.1, 0.15) is 12.4 Å². The van der Waals surface area contributed by atoms with Gasteiger partial charge in [-0.15, -0.1) is 0 Å². The fraction of sp³-hybridized carbons (Fsp3) is 0.500. The Morgan fingerprint density at radius 2 is 2.07 bits per heavy atom. The van der Waals surface area contributed by atoms with E-state index in [4.69, 9.17) is 15.6 Å². The van der Waals surface area contributed by atoms with Crippen molar-refractivity contribution >= 4 is 0 Å². The van der Waals surface area contributed by atoms with Crippen molar-refractivity contribution in [1.29, 1.82) is 0 Å². The fourth-order valence-electron chi connectivity index (χ4n) is 1.33. The summed E-state index contributed by atoms with van der Waals surface area (Å²) in [4.78, 5) is 0. The predicted octanol–water partition coefficient (Wildman–Crippen LogP) is 1.77. The molecule has 3 N–H and O–H groups in total. The standard InChI is InChI=1S/C12H19NO2/c1-8-6-11(10(3)13)4-5-12(8)15-7-9(2)14/h4-6,9-10,14H,7,13H2,1-3H3/t9?,10-/m0/s1. The average molecular weight is 209 g/mol. The van der Waals surface area contributed by atoms with Crippen LogP contribution in [-0.4, -0.2) is 17.8 Å². The highest BCUT2D eigenvalue weighted by Gasteiger charge is 2.05. The minimum Gasteiger partial charge on any atom is -0.491 e. The van der Waals surface area contributed by atoms with Crippen LogP contribution in [-0.2, 0) is 0 Å². The summed E-state index contributed by atoms with van der Waals surface area (Å²) in [5.74, 6) is 0.806. The molecule has 1 aromatic rings. The van der Waals surface area contributed by atoms with Crippen LogP contribution < -0.4 is 10.5 Å². The van der Waals surface area contributed by atoms with Gasteiger partial charge in [0.15, 0.2) is 0 Å². The minimum absolute atomic E-state index is 0.0366. The quantitative estimate of drug-likeness (QED) is 0.794. The number of aryl methyl sites for hydroxylation is 1. The van der Waals surface area contributed by atoms with Crippen LogP contribution in [0.3, 0.4) is 0 Å². The third kappa shape index (κ3) is 3.53. The predicted molar refractivity (Wildman–Crippen MR) is 61.0 cm³/mol. The van der Waals surface area contributed by atoms with Gasteiger partial charge in [-0.1, -0.05) is 12.1 Å². The highest BCUT2D eigenvalue weighted by molar-refractivity contribution is 5.37. The van der Waals surface area contributed by atoms with Crippen LogP contribution in [0.2, 0.25) is 0 Å². The third-order valence-corrected chi connectivity index (χ3v) is 2.20. The summed E-state index contributed by atoms with van der Waals surface area (Å²) >= 11 is 0. The molecule has 1 unspecified atom stereocenters. The average Bonchev–Trinajstić information content (AvgIpc) is 2.15. The van der Waals surface area contributed by atoms with Gasteiger partial charge in [0, 0.05) is 6.04 Å². The molecule has 84 valence electrons. The number of rotatable bonds is 4. The monoisotopic (exact) mass is 209 g/mol. The highest BCUT2D eigenvalue weighted by atomic mass is 16.5. The number of ether oxygens (including phenoxy) is 1. The lowest BCUT2D eigenvalue weighted by molar-refractivity contribution is 0.122. The first-order valence-corrected chi connectivity index (χ1v) is 5.17. The molecule has 0 spiro atoms. The Bertz CT molecular complexity index is 321. The molecule has 1 aromatic carbocycles. The molecule has 1 rings (SSSR count). The molecule has 0 aliphatic carbocycles. The lowest BCUT2D eigenvalue weighted by Crippen LogP contribution is -2.13. The maximum absolute atomic E-state index is 9.10. The van der Waals surface area contributed by atoms with Crippen molar-refractivity contribution in [1.82, 2.24) is 0 Å². The molecule has 15 heavy (non-hydrogen) atoms. The van der Waals surface area contributed by atoms with Crippen LogP contribution >= 0.6 is 0 Å². The molecule has 0 aliphatic heterocycles. The summed E-state index contributed by atoms with van der Waals surface area (Å²) in [5.41, 5.74) is 7.92. The molecule has 3 heteroatoms. The van der Waals surface area contributed by atoms with Gasteiger partial charge in [-0.25, -0.2) is 0 Å². The first-order valence-electron chi connectivity index (χ1n) is 5.17. The van der Waals surface area contributed by atoms with E-state index in [-0.39, 0.29) is 6.04 Å². The Kier molecular flexibility index (Phi) is 4.12. The topological polar surface area (TPSA) is 55.5 Å². The molecular formula is C12H19NO2. The van der Waals surface area contributed by atoms with E-state index in [0.717, 1.165) is 16.9 Å². The van der Waals surface area contributed by atoms with Gasteiger partial charge in [0.25, 0.3) is 0 Å². The van der Waals surface area contributed by atoms with Crippen molar-refractivity contribution in [3.05, 3.63) is 29.3 Å². The number of aliphatic hydroxyl groups excluding tert-OH is 1. The Morgan fingerprint density at radius 1 is 1.40 bits per heavy atom. The molecule has 0 saturated carbocycles. The maximum Gasteiger partial charge on any atom is 0.122 e. The zero-order valence-corrected chi connectivity index (χ0v) is 9.53. The first-order chi connectivity index (χ1) is 7.00. The summed E-state index contributed by atoms with van der Waals surface area (Å²) in [7, 11) is 0. The molecule has 2 atom stereocenters. The van der Waals surface area contributed by atoms with E-state index in [0.29, 0.717) is 6.61 Å². The van der Waals surface area contributed by atoms with Gasteiger partial charge in [0.05, 0.1) is 6.10 Å². The van der Waals surface area contributed by atoms with Crippen LogP contribution in [0.1, 0.15) is 31.0 Å². The maximum atomic E-state index is 9.10. The van der Waals surface area contributed by atoms with E-state index in [2.05, 4.69) is 0 Å². The number of nitrogens with two attached hydrogens (primary N) is 1. The van der Waals surface area contributed by atoms with Crippen molar-refractivity contribution in [3.8, 4) is 5.75 Å². The highest BCUT2D eigenvalue weighted by Crippen LogP contribution is 2.21. The number of benzene rings is 1. The summed E-state index contributed by atoms with van der Waals surface area (Å²) in [5, 5.41) is 9.10. The van der Waals surface area contributed by atoms with Crippen LogP contribution in [0.4, 0.5) is 0 Å². The van der Waals surface area contributed by atoms with Gasteiger partial charge in [-0.3, -0.25) is 0 Å². The fourth-order valence-corrected chi connectivity index (χ4v) is 1.33. The van der Waals surface area contributed by atoms with E-state index in [1.807, 2.05) is 32.0 Å². The molecular weight excluding hydrogens is 190 g/mol. The molecule has 0 heterocycles. The van der Waals surface area contributed by atoms with Gasteiger partial charge in [-0.05, 0) is 38.0 Å². The van der Waals surface area contributed by atoms with E-state index in [1.165, 1.54) is 0 Å². The van der Waals surface area contributed by atoms with E-state index in [9.17, 15) is 0 Å². The largest absolute Gasteiger partial charge is 0.491 e. The van der Waals surface area contributed by atoms with E-state index < -0.39 is 6.10 Å². The summed E-state index contributed by atoms with van der Waals surface area (Å²) in [6.45, 7) is 5.94. The second kappa shape index (κ2) is 5.14. The lowest BCUT2D eigenvalue weighted by Gasteiger charge is -2.13. The normalized spacial score (nSPS) is 14.7. The van der Waals surface area contributed by atoms with Gasteiger partial charge in [-0.2, -0.15) is 0 Å². The Hall–Kier alpha value is -1.06. The second-order valence-electron chi connectivity index (χ2n) is 3.97. The molecule has 0 radical (unpaired) electrons. The van der Waals surface area contributed by atoms with E-state index >= 15 is 0 Å². The van der Waals surface area contributed by atoms with Crippen LogP contribution in [0.15, 0.2) is 18.2 Å². The van der Waals surface area contributed by atoms with Gasteiger partial charge < -0.3 is 15.6 Å². The number of hydrogen-bond acceptors (Lipinski definition) is 3. The van der Waals surface area contributed by atoms with Crippen LogP contribution in [0.5, 0.6) is 5.75 Å². The number of hydrogen-bond donors (Lipinski definition) is 2. The SMILES string of the molecule is Cc1cc([C@H](C)N)ccc1OCC(C)O. The summed E-state index contributed by atoms with van der Waals surface area (Å²) in [6.07, 6.45) is -0.447. The second-order valence-corrected chi connectivity index (χ2v) is 3.97. The zero-order chi connectivity index (χ0) is 11.4. The van der Waals surface area contributed by atoms with Crippen molar-refractivity contribution in [2.45, 2.75) is 32.9 Å². The minimum atomic E-state index is -0.447. The van der Waals surface area contributed by atoms with Gasteiger partial charge in [0.2, 0.25) is 0 Å². The van der Waals surface area contributed by atoms with Crippen molar-refractivity contribution in [2.24, 2.45) is 5.73 Å². The van der Waals surface area contributed by atoms with Crippen LogP contribution in [0, 0.1) is 6.92 Å². The Labute approximate surface area is 90.9 Å². The molecule has 0 fully saturated rings. The molecule has 0 bridgehead atoms. The molecule has 3 nitrogen and oxygen atoms in total.